The molecule has 1 amide bonds. The number of halogens is 1. The number of carbonyl (C=O) groups excluding carboxylic acids is 1. The molecule has 0 aliphatic carbocycles. The zero-order chi connectivity index (χ0) is 12.3. The number of nitrogens with zero attached hydrogens (tertiary/aromatic N) is 1. The fourth-order valence-corrected chi connectivity index (χ4v) is 2.07. The second-order valence-corrected chi connectivity index (χ2v) is 4.85. The Bertz CT molecular complexity index is 419. The Morgan fingerprint density at radius 2 is 2.53 bits per heavy atom. The Morgan fingerprint density at radius 1 is 1.71 bits per heavy atom. The first-order valence-electron chi connectivity index (χ1n) is 5.47. The molecular formula is C11H14BrN3O2. The average Bonchev–Trinajstić information content (AvgIpc) is 2.82. The van der Waals surface area contributed by atoms with Crippen molar-refractivity contribution in [3.63, 3.8) is 0 Å². The van der Waals surface area contributed by atoms with Crippen LogP contribution in [0.1, 0.15) is 23.2 Å². The number of amides is 1. The van der Waals surface area contributed by atoms with E-state index in [-0.39, 0.29) is 17.8 Å². The molecule has 1 unspecified atom stereocenters. The molecule has 1 aromatic rings. The van der Waals surface area contributed by atoms with Crippen LogP contribution in [-0.4, -0.2) is 30.1 Å². The summed E-state index contributed by atoms with van der Waals surface area (Å²) in [6, 6.07) is 1.66. The van der Waals surface area contributed by atoms with Gasteiger partial charge in [0.25, 0.3) is 5.91 Å². The number of nitrogens with one attached hydrogen (secondary N) is 1. The van der Waals surface area contributed by atoms with Crippen molar-refractivity contribution < 1.29 is 9.53 Å². The molecule has 6 heteroatoms. The Labute approximate surface area is 108 Å². The van der Waals surface area contributed by atoms with Crippen molar-refractivity contribution in [2.45, 2.75) is 18.9 Å². The number of pyridine rings is 1. The Balaban J connectivity index is 1.96. The number of hydrogen-bond acceptors (Lipinski definition) is 4. The van der Waals surface area contributed by atoms with Crippen LogP contribution in [0.2, 0.25) is 0 Å². The molecule has 1 saturated heterocycles. The van der Waals surface area contributed by atoms with Crippen LogP contribution < -0.4 is 11.1 Å². The van der Waals surface area contributed by atoms with Crippen LogP contribution in [0.5, 0.6) is 0 Å². The van der Waals surface area contributed by atoms with Crippen molar-refractivity contribution in [3.8, 4) is 0 Å². The fraction of sp³-hybridized carbons (Fsp3) is 0.455. The molecule has 0 aromatic carbocycles. The van der Waals surface area contributed by atoms with E-state index >= 15 is 0 Å². The normalized spacial score (nSPS) is 19.2. The molecule has 5 nitrogen and oxygen atoms in total. The molecule has 92 valence electrons. The molecule has 2 rings (SSSR count). The first-order valence-corrected chi connectivity index (χ1v) is 6.27. The van der Waals surface area contributed by atoms with Crippen LogP contribution in [0, 0.1) is 0 Å². The molecule has 1 aliphatic rings. The zero-order valence-electron chi connectivity index (χ0n) is 9.28. The van der Waals surface area contributed by atoms with Gasteiger partial charge in [-0.25, -0.2) is 4.98 Å². The minimum atomic E-state index is -0.216. The molecule has 2 heterocycles. The summed E-state index contributed by atoms with van der Waals surface area (Å²) in [7, 11) is 0. The maximum atomic E-state index is 11.9. The highest BCUT2D eigenvalue weighted by Gasteiger charge is 2.17. The second kappa shape index (κ2) is 5.46. The lowest BCUT2D eigenvalue weighted by atomic mass is 10.2. The van der Waals surface area contributed by atoms with Gasteiger partial charge in [-0.15, -0.1) is 0 Å². The standard InChI is InChI=1S/C11H14BrN3O2/c12-7-4-9(10(13)14-5-7)11(16)15-6-8-2-1-3-17-8/h4-5,8H,1-3,6H2,(H2,13,14)(H,15,16). The highest BCUT2D eigenvalue weighted by atomic mass is 79.9. The van der Waals surface area contributed by atoms with E-state index in [4.69, 9.17) is 10.5 Å². The van der Waals surface area contributed by atoms with Gasteiger partial charge >= 0.3 is 0 Å². The van der Waals surface area contributed by atoms with Gasteiger partial charge in [0.05, 0.1) is 11.7 Å². The lowest BCUT2D eigenvalue weighted by Gasteiger charge is -2.11. The quantitative estimate of drug-likeness (QED) is 0.883. The van der Waals surface area contributed by atoms with E-state index in [1.165, 1.54) is 0 Å². The first kappa shape index (κ1) is 12.3. The Hall–Kier alpha value is -1.14. The van der Waals surface area contributed by atoms with E-state index in [1.807, 2.05) is 0 Å². The molecule has 3 N–H and O–H groups in total. The van der Waals surface area contributed by atoms with Gasteiger partial charge in [0.2, 0.25) is 0 Å². The summed E-state index contributed by atoms with van der Waals surface area (Å²) < 4.78 is 6.15. The van der Waals surface area contributed by atoms with Crippen LogP contribution >= 0.6 is 15.9 Å². The van der Waals surface area contributed by atoms with Crippen LogP contribution in [0.15, 0.2) is 16.7 Å². The molecule has 0 spiro atoms. The number of nitrogen functional groups attached to an aromatic ring is 1. The van der Waals surface area contributed by atoms with Gasteiger partial charge in [-0.3, -0.25) is 4.79 Å². The lowest BCUT2D eigenvalue weighted by Crippen LogP contribution is -2.32. The summed E-state index contributed by atoms with van der Waals surface area (Å²) in [6.45, 7) is 1.30. The minimum Gasteiger partial charge on any atom is -0.383 e. The van der Waals surface area contributed by atoms with Crippen molar-refractivity contribution in [2.75, 3.05) is 18.9 Å². The molecule has 0 saturated carbocycles. The van der Waals surface area contributed by atoms with Crippen molar-refractivity contribution in [1.82, 2.24) is 10.3 Å². The van der Waals surface area contributed by atoms with Crippen molar-refractivity contribution in [1.29, 1.82) is 0 Å². The van der Waals surface area contributed by atoms with E-state index < -0.39 is 0 Å². The van der Waals surface area contributed by atoms with Crippen molar-refractivity contribution in [3.05, 3.63) is 22.3 Å². The summed E-state index contributed by atoms with van der Waals surface area (Å²) in [5, 5.41) is 2.80. The van der Waals surface area contributed by atoms with Gasteiger partial charge in [-0.05, 0) is 34.8 Å². The lowest BCUT2D eigenvalue weighted by molar-refractivity contribution is 0.0858. The maximum Gasteiger partial charge on any atom is 0.255 e. The zero-order valence-corrected chi connectivity index (χ0v) is 10.9. The SMILES string of the molecule is Nc1ncc(Br)cc1C(=O)NCC1CCCO1. The Morgan fingerprint density at radius 3 is 3.24 bits per heavy atom. The molecule has 17 heavy (non-hydrogen) atoms. The number of hydrogen-bond donors (Lipinski definition) is 2. The molecule has 1 atom stereocenters. The largest absolute Gasteiger partial charge is 0.383 e. The highest BCUT2D eigenvalue weighted by Crippen LogP contribution is 2.16. The minimum absolute atomic E-state index is 0.125. The van der Waals surface area contributed by atoms with Crippen molar-refractivity contribution in [2.24, 2.45) is 0 Å². The van der Waals surface area contributed by atoms with Gasteiger partial charge in [0, 0.05) is 23.8 Å². The molecular weight excluding hydrogens is 286 g/mol. The topological polar surface area (TPSA) is 77.2 Å². The predicted octanol–water partition coefficient (Wildman–Crippen LogP) is 1.34. The number of ether oxygens (including phenoxy) is 1. The number of anilines is 1. The number of nitrogens with two attached hydrogens (primary N) is 1. The van der Waals surface area contributed by atoms with E-state index in [2.05, 4.69) is 26.2 Å². The monoisotopic (exact) mass is 299 g/mol. The first-order chi connectivity index (χ1) is 8.16. The van der Waals surface area contributed by atoms with Crippen LogP contribution in [-0.2, 0) is 4.74 Å². The van der Waals surface area contributed by atoms with Gasteiger partial charge in [-0.1, -0.05) is 0 Å². The molecule has 0 radical (unpaired) electrons. The van der Waals surface area contributed by atoms with E-state index in [0.29, 0.717) is 12.1 Å². The third kappa shape index (κ3) is 3.17. The summed E-state index contributed by atoms with van der Waals surface area (Å²) in [6.07, 6.45) is 3.74. The van der Waals surface area contributed by atoms with Crippen LogP contribution in [0.4, 0.5) is 5.82 Å². The molecule has 1 aliphatic heterocycles. The molecule has 1 fully saturated rings. The third-order valence-corrected chi connectivity index (χ3v) is 3.08. The highest BCUT2D eigenvalue weighted by molar-refractivity contribution is 9.10. The summed E-state index contributed by atoms with van der Waals surface area (Å²) >= 11 is 3.26. The van der Waals surface area contributed by atoms with Gasteiger partial charge in [0.15, 0.2) is 0 Å². The van der Waals surface area contributed by atoms with Gasteiger partial charge < -0.3 is 15.8 Å². The number of carbonyl (C=O) groups is 1. The fourth-order valence-electron chi connectivity index (χ4n) is 1.74. The summed E-state index contributed by atoms with van der Waals surface area (Å²) in [5.41, 5.74) is 6.04. The molecule has 0 bridgehead atoms. The third-order valence-electron chi connectivity index (χ3n) is 2.64. The van der Waals surface area contributed by atoms with E-state index in [9.17, 15) is 4.79 Å². The number of aromatic nitrogens is 1. The number of rotatable bonds is 3. The Kier molecular flexibility index (Phi) is 3.96. The van der Waals surface area contributed by atoms with Crippen LogP contribution in [0.3, 0.4) is 0 Å². The summed E-state index contributed by atoms with van der Waals surface area (Å²) in [5.74, 6) is 0.0184. The molecule has 1 aromatic heterocycles. The van der Waals surface area contributed by atoms with Gasteiger partial charge in [-0.2, -0.15) is 0 Å². The summed E-state index contributed by atoms with van der Waals surface area (Å²) in [4.78, 5) is 15.8. The van der Waals surface area contributed by atoms with E-state index in [1.54, 1.807) is 12.3 Å². The average molecular weight is 300 g/mol. The smallest absolute Gasteiger partial charge is 0.255 e. The maximum absolute atomic E-state index is 11.9. The predicted molar refractivity (Wildman–Crippen MR) is 67.7 cm³/mol. The second-order valence-electron chi connectivity index (χ2n) is 3.93. The van der Waals surface area contributed by atoms with E-state index in [0.717, 1.165) is 23.9 Å². The van der Waals surface area contributed by atoms with Gasteiger partial charge in [0.1, 0.15) is 5.82 Å². The van der Waals surface area contributed by atoms with Crippen LogP contribution in [0.25, 0.3) is 0 Å². The van der Waals surface area contributed by atoms with Crippen molar-refractivity contribution >= 4 is 27.7 Å².